The molecule has 74 valence electrons. The number of H-pyrrole nitrogens is 1. The summed E-state index contributed by atoms with van der Waals surface area (Å²) in [5.41, 5.74) is 5.34. The van der Waals surface area contributed by atoms with Crippen LogP contribution in [0.1, 0.15) is 12.8 Å². The highest BCUT2D eigenvalue weighted by Crippen LogP contribution is 1.99. The average Bonchev–Trinajstić information content (AvgIpc) is 2.51. The number of hydrogen-bond acceptors (Lipinski definition) is 5. The van der Waals surface area contributed by atoms with Crippen LogP contribution in [0, 0.1) is 0 Å². The van der Waals surface area contributed by atoms with Gasteiger partial charge in [-0.05, 0) is 12.8 Å². The van der Waals surface area contributed by atoms with Gasteiger partial charge in [0.2, 0.25) is 11.9 Å². The second-order valence-corrected chi connectivity index (χ2v) is 2.67. The van der Waals surface area contributed by atoms with Crippen LogP contribution in [0.4, 0.5) is 11.9 Å². The lowest BCUT2D eigenvalue weighted by atomic mass is 10.3. The molecule has 0 radical (unpaired) electrons. The number of nitrogens with one attached hydrogen (secondary N) is 2. The summed E-state index contributed by atoms with van der Waals surface area (Å²) in [5, 5.41) is 9.42. The van der Waals surface area contributed by atoms with Gasteiger partial charge in [0.05, 0.1) is 0 Å². The first-order valence-electron chi connectivity index (χ1n) is 4.23. The first kappa shape index (κ1) is 9.79. The summed E-state index contributed by atoms with van der Waals surface area (Å²) < 4.78 is 4.91. The van der Waals surface area contributed by atoms with Crippen LogP contribution >= 0.6 is 0 Å². The molecule has 6 heteroatoms. The third-order valence-electron chi connectivity index (χ3n) is 1.56. The second-order valence-electron chi connectivity index (χ2n) is 2.67. The van der Waals surface area contributed by atoms with Gasteiger partial charge in [-0.1, -0.05) is 0 Å². The van der Waals surface area contributed by atoms with Crippen LogP contribution in [0.3, 0.4) is 0 Å². The molecule has 0 atom stereocenters. The molecule has 6 nitrogen and oxygen atoms in total. The highest BCUT2D eigenvalue weighted by atomic mass is 16.5. The van der Waals surface area contributed by atoms with Gasteiger partial charge >= 0.3 is 0 Å². The largest absolute Gasteiger partial charge is 0.385 e. The molecule has 0 unspecified atom stereocenters. The molecule has 0 amide bonds. The van der Waals surface area contributed by atoms with E-state index < -0.39 is 0 Å². The number of ether oxygens (including phenoxy) is 1. The summed E-state index contributed by atoms with van der Waals surface area (Å²) in [6, 6.07) is 0. The fourth-order valence-corrected chi connectivity index (χ4v) is 0.925. The smallest absolute Gasteiger partial charge is 0.243 e. The fraction of sp³-hybridized carbons (Fsp3) is 0.714. The summed E-state index contributed by atoms with van der Waals surface area (Å²) in [6.07, 6.45) is 2.06. The lowest BCUT2D eigenvalue weighted by Gasteiger charge is -2.00. The second kappa shape index (κ2) is 5.36. The van der Waals surface area contributed by atoms with Gasteiger partial charge in [-0.15, -0.1) is 5.10 Å². The average molecular weight is 185 g/mol. The van der Waals surface area contributed by atoms with Gasteiger partial charge < -0.3 is 15.8 Å². The van der Waals surface area contributed by atoms with Gasteiger partial charge in [0.25, 0.3) is 0 Å². The maximum atomic E-state index is 5.34. The quantitative estimate of drug-likeness (QED) is 0.552. The zero-order valence-corrected chi connectivity index (χ0v) is 7.71. The summed E-state index contributed by atoms with van der Waals surface area (Å²) in [6.45, 7) is 1.62. The van der Waals surface area contributed by atoms with E-state index in [1.165, 1.54) is 0 Å². The fourth-order valence-electron chi connectivity index (χ4n) is 0.925. The third-order valence-corrected chi connectivity index (χ3v) is 1.56. The molecule has 1 heterocycles. The number of methoxy groups -OCH3 is 1. The third kappa shape index (κ3) is 3.75. The standard InChI is InChI=1S/C7H15N5O/c1-13-5-3-2-4-9-7-10-6(8)11-12-7/h2-5H2,1H3,(H4,8,9,10,11,12). The predicted molar refractivity (Wildman–Crippen MR) is 50.4 cm³/mol. The molecule has 1 aromatic rings. The van der Waals surface area contributed by atoms with Crippen molar-refractivity contribution >= 4 is 11.9 Å². The van der Waals surface area contributed by atoms with Gasteiger partial charge in [-0.25, -0.2) is 5.10 Å². The van der Waals surface area contributed by atoms with Crippen LogP contribution < -0.4 is 11.1 Å². The molecular formula is C7H15N5O. The van der Waals surface area contributed by atoms with E-state index in [1.807, 2.05) is 0 Å². The number of unbranched alkanes of at least 4 members (excludes halogenated alkanes) is 1. The summed E-state index contributed by atoms with van der Waals surface area (Å²) in [4.78, 5) is 3.90. The molecule has 0 saturated carbocycles. The number of nitrogens with two attached hydrogens (primary N) is 1. The number of aromatic amines is 1. The van der Waals surface area contributed by atoms with Gasteiger partial charge in [-0.3, -0.25) is 0 Å². The zero-order chi connectivity index (χ0) is 9.52. The Morgan fingerprint density at radius 3 is 3.00 bits per heavy atom. The van der Waals surface area contributed by atoms with Crippen LogP contribution in [0.2, 0.25) is 0 Å². The summed E-state index contributed by atoms with van der Waals surface area (Å²) in [5.74, 6) is 0.884. The first-order chi connectivity index (χ1) is 6.33. The summed E-state index contributed by atoms with van der Waals surface area (Å²) >= 11 is 0. The highest BCUT2D eigenvalue weighted by Gasteiger charge is 1.96. The Kier molecular flexibility index (Phi) is 4.04. The van der Waals surface area contributed by atoms with Crippen molar-refractivity contribution in [2.24, 2.45) is 0 Å². The molecule has 0 aliphatic heterocycles. The number of rotatable bonds is 6. The maximum absolute atomic E-state index is 5.34. The van der Waals surface area contributed by atoms with Gasteiger partial charge in [-0.2, -0.15) is 4.98 Å². The number of aromatic nitrogens is 3. The van der Waals surface area contributed by atoms with E-state index in [9.17, 15) is 0 Å². The van der Waals surface area contributed by atoms with E-state index in [0.717, 1.165) is 26.0 Å². The highest BCUT2D eigenvalue weighted by molar-refractivity contribution is 5.29. The monoisotopic (exact) mass is 185 g/mol. The SMILES string of the molecule is COCCCCNc1n[nH]c(N)n1. The van der Waals surface area contributed by atoms with Crippen molar-refractivity contribution in [1.82, 2.24) is 15.2 Å². The molecule has 0 spiro atoms. The number of hydrogen-bond donors (Lipinski definition) is 3. The molecule has 0 aliphatic rings. The molecule has 0 fully saturated rings. The van der Waals surface area contributed by atoms with Crippen LogP contribution in [-0.4, -0.2) is 35.4 Å². The van der Waals surface area contributed by atoms with E-state index >= 15 is 0 Å². The molecule has 0 saturated heterocycles. The molecular weight excluding hydrogens is 170 g/mol. The normalized spacial score (nSPS) is 10.2. The Labute approximate surface area is 76.9 Å². The van der Waals surface area contributed by atoms with Gasteiger partial charge in [0.15, 0.2) is 0 Å². The Morgan fingerprint density at radius 2 is 2.38 bits per heavy atom. The topological polar surface area (TPSA) is 88.8 Å². The minimum Gasteiger partial charge on any atom is -0.385 e. The van der Waals surface area contributed by atoms with Crippen LogP contribution in [0.5, 0.6) is 0 Å². The van der Waals surface area contributed by atoms with E-state index in [1.54, 1.807) is 7.11 Å². The molecule has 1 rings (SSSR count). The molecule has 0 aromatic carbocycles. The predicted octanol–water partition coefficient (Wildman–Crippen LogP) is 0.225. The lowest BCUT2D eigenvalue weighted by Crippen LogP contribution is -2.04. The molecule has 13 heavy (non-hydrogen) atoms. The van der Waals surface area contributed by atoms with Crippen LogP contribution in [-0.2, 0) is 4.74 Å². The van der Waals surface area contributed by atoms with Gasteiger partial charge in [0, 0.05) is 20.3 Å². The minimum atomic E-state index is 0.333. The summed E-state index contributed by atoms with van der Waals surface area (Å²) in [7, 11) is 1.70. The first-order valence-corrected chi connectivity index (χ1v) is 4.23. The Hall–Kier alpha value is -1.30. The molecule has 4 N–H and O–H groups in total. The van der Waals surface area contributed by atoms with Gasteiger partial charge in [0.1, 0.15) is 0 Å². The van der Waals surface area contributed by atoms with E-state index in [-0.39, 0.29) is 0 Å². The van der Waals surface area contributed by atoms with Crippen LogP contribution in [0.25, 0.3) is 0 Å². The number of anilines is 2. The van der Waals surface area contributed by atoms with E-state index in [4.69, 9.17) is 10.5 Å². The van der Waals surface area contributed by atoms with E-state index in [0.29, 0.717) is 11.9 Å². The van der Waals surface area contributed by atoms with Crippen molar-refractivity contribution in [3.63, 3.8) is 0 Å². The van der Waals surface area contributed by atoms with Crippen molar-refractivity contribution in [1.29, 1.82) is 0 Å². The Morgan fingerprint density at radius 1 is 1.54 bits per heavy atom. The van der Waals surface area contributed by atoms with Crippen molar-refractivity contribution in [2.75, 3.05) is 31.3 Å². The van der Waals surface area contributed by atoms with Crippen molar-refractivity contribution in [3.8, 4) is 0 Å². The molecule has 0 aliphatic carbocycles. The van der Waals surface area contributed by atoms with Crippen molar-refractivity contribution in [2.45, 2.75) is 12.8 Å². The Bertz CT molecular complexity index is 237. The minimum absolute atomic E-state index is 0.333. The zero-order valence-electron chi connectivity index (χ0n) is 7.71. The van der Waals surface area contributed by atoms with E-state index in [2.05, 4.69) is 20.5 Å². The lowest BCUT2D eigenvalue weighted by molar-refractivity contribution is 0.193. The Balaban J connectivity index is 2.06. The van der Waals surface area contributed by atoms with Crippen molar-refractivity contribution in [3.05, 3.63) is 0 Å². The number of nitrogens with zero attached hydrogens (tertiary/aromatic N) is 2. The molecule has 1 aromatic heterocycles. The van der Waals surface area contributed by atoms with Crippen molar-refractivity contribution < 1.29 is 4.74 Å². The molecule has 0 bridgehead atoms. The number of nitrogen functional groups attached to an aromatic ring is 1. The van der Waals surface area contributed by atoms with Crippen LogP contribution in [0.15, 0.2) is 0 Å². The maximum Gasteiger partial charge on any atom is 0.243 e.